The summed E-state index contributed by atoms with van der Waals surface area (Å²) < 4.78 is 0. The molecule has 0 aliphatic carbocycles. The third kappa shape index (κ3) is 3.83. The van der Waals surface area contributed by atoms with E-state index in [4.69, 9.17) is 0 Å². The maximum absolute atomic E-state index is 11.6. The van der Waals surface area contributed by atoms with Gasteiger partial charge in [0.05, 0.1) is 0 Å². The summed E-state index contributed by atoms with van der Waals surface area (Å²) in [5.74, 6) is 0.394. The number of benzene rings is 1. The van der Waals surface area contributed by atoms with Crippen LogP contribution in [0.3, 0.4) is 0 Å². The average molecular weight is 287 g/mol. The predicted octanol–water partition coefficient (Wildman–Crippen LogP) is 1.11. The van der Waals surface area contributed by atoms with Gasteiger partial charge in [0.2, 0.25) is 5.91 Å². The number of amides is 1. The number of hydrogen-bond acceptors (Lipinski definition) is 3. The third-order valence-corrected chi connectivity index (χ3v) is 4.67. The predicted molar refractivity (Wildman–Crippen MR) is 84.0 cm³/mol. The molecule has 1 aromatic carbocycles. The molecule has 2 heterocycles. The van der Waals surface area contributed by atoms with Crippen LogP contribution in [-0.2, 0) is 17.8 Å². The van der Waals surface area contributed by atoms with Gasteiger partial charge in [0.15, 0.2) is 0 Å². The molecule has 0 bridgehead atoms. The highest BCUT2D eigenvalue weighted by Gasteiger charge is 2.23. The first-order valence-electron chi connectivity index (χ1n) is 7.97. The summed E-state index contributed by atoms with van der Waals surface area (Å²) in [5.41, 5.74) is 2.65. The van der Waals surface area contributed by atoms with Crippen LogP contribution in [0.1, 0.15) is 17.5 Å². The first kappa shape index (κ1) is 14.5. The Morgan fingerprint density at radius 3 is 2.38 bits per heavy atom. The molecular formula is C17H25N3O. The van der Waals surface area contributed by atoms with E-state index in [1.165, 1.54) is 11.1 Å². The van der Waals surface area contributed by atoms with Crippen molar-refractivity contribution in [2.24, 2.45) is 5.92 Å². The van der Waals surface area contributed by atoms with Gasteiger partial charge < -0.3 is 10.2 Å². The second-order valence-corrected chi connectivity index (χ2v) is 6.38. The first-order valence-corrected chi connectivity index (χ1v) is 7.97. The van der Waals surface area contributed by atoms with Gasteiger partial charge in [-0.15, -0.1) is 0 Å². The lowest BCUT2D eigenvalue weighted by molar-refractivity contribution is -0.122. The number of nitrogens with one attached hydrogen (secondary N) is 1. The minimum absolute atomic E-state index is 0.175. The smallest absolute Gasteiger partial charge is 0.223 e. The molecule has 2 saturated heterocycles. The Morgan fingerprint density at radius 1 is 1.10 bits per heavy atom. The summed E-state index contributed by atoms with van der Waals surface area (Å²) >= 11 is 0. The minimum atomic E-state index is 0.175. The van der Waals surface area contributed by atoms with Gasteiger partial charge in [-0.1, -0.05) is 24.3 Å². The molecule has 3 rings (SSSR count). The number of nitrogens with zero attached hydrogens (tertiary/aromatic N) is 2. The van der Waals surface area contributed by atoms with Crippen LogP contribution in [0.25, 0.3) is 0 Å². The van der Waals surface area contributed by atoms with Gasteiger partial charge in [-0.2, -0.15) is 0 Å². The van der Waals surface area contributed by atoms with E-state index in [0.29, 0.717) is 0 Å². The van der Waals surface area contributed by atoms with E-state index in [1.807, 2.05) is 0 Å². The van der Waals surface area contributed by atoms with Gasteiger partial charge in [-0.3, -0.25) is 9.69 Å². The Labute approximate surface area is 127 Å². The second kappa shape index (κ2) is 6.58. The van der Waals surface area contributed by atoms with Crippen LogP contribution in [0, 0.1) is 5.92 Å². The van der Waals surface area contributed by atoms with Gasteiger partial charge in [-0.25, -0.2) is 0 Å². The fourth-order valence-corrected chi connectivity index (χ4v) is 3.17. The van der Waals surface area contributed by atoms with Crippen molar-refractivity contribution in [3.8, 4) is 0 Å². The molecule has 1 atom stereocenters. The number of carbonyl (C=O) groups excluding carboxylic acids is 1. The average Bonchev–Trinajstić information content (AvgIpc) is 2.89. The van der Waals surface area contributed by atoms with Crippen LogP contribution >= 0.6 is 0 Å². The molecule has 4 heteroatoms. The van der Waals surface area contributed by atoms with Gasteiger partial charge in [0.25, 0.3) is 0 Å². The molecule has 21 heavy (non-hydrogen) atoms. The SMILES string of the molecule is CN1CCN(Cc2ccc(CC3CCNC3=O)cc2)CC1. The Hall–Kier alpha value is -1.39. The van der Waals surface area contributed by atoms with E-state index in [2.05, 4.69) is 46.4 Å². The first-order chi connectivity index (χ1) is 10.2. The lowest BCUT2D eigenvalue weighted by atomic mass is 9.97. The Kier molecular flexibility index (Phi) is 4.56. The fraction of sp³-hybridized carbons (Fsp3) is 0.588. The van der Waals surface area contributed by atoms with Crippen molar-refractivity contribution in [1.29, 1.82) is 0 Å². The molecule has 2 fully saturated rings. The van der Waals surface area contributed by atoms with Crippen molar-refractivity contribution < 1.29 is 4.79 Å². The number of likely N-dealkylation sites (N-methyl/N-ethyl adjacent to an activating group) is 1. The highest BCUT2D eigenvalue weighted by molar-refractivity contribution is 5.80. The van der Waals surface area contributed by atoms with E-state index in [-0.39, 0.29) is 11.8 Å². The lowest BCUT2D eigenvalue weighted by Gasteiger charge is -2.32. The largest absolute Gasteiger partial charge is 0.356 e. The monoisotopic (exact) mass is 287 g/mol. The minimum Gasteiger partial charge on any atom is -0.356 e. The van der Waals surface area contributed by atoms with Crippen molar-refractivity contribution in [3.63, 3.8) is 0 Å². The summed E-state index contributed by atoms with van der Waals surface area (Å²) in [6, 6.07) is 8.83. The maximum Gasteiger partial charge on any atom is 0.223 e. The third-order valence-electron chi connectivity index (χ3n) is 4.67. The maximum atomic E-state index is 11.6. The fourth-order valence-electron chi connectivity index (χ4n) is 3.17. The van der Waals surface area contributed by atoms with Gasteiger partial charge in [0, 0.05) is 45.2 Å². The lowest BCUT2D eigenvalue weighted by Crippen LogP contribution is -2.43. The summed E-state index contributed by atoms with van der Waals surface area (Å²) in [7, 11) is 2.19. The van der Waals surface area contributed by atoms with E-state index in [1.54, 1.807) is 0 Å². The molecule has 0 radical (unpaired) electrons. The zero-order valence-corrected chi connectivity index (χ0v) is 12.8. The molecule has 2 aliphatic heterocycles. The Balaban J connectivity index is 1.53. The topological polar surface area (TPSA) is 35.6 Å². The molecular weight excluding hydrogens is 262 g/mol. The van der Waals surface area contributed by atoms with E-state index < -0.39 is 0 Å². The van der Waals surface area contributed by atoms with Crippen LogP contribution in [-0.4, -0.2) is 55.5 Å². The summed E-state index contributed by atoms with van der Waals surface area (Å²) in [6.07, 6.45) is 1.85. The molecule has 1 amide bonds. The molecule has 1 unspecified atom stereocenters. The summed E-state index contributed by atoms with van der Waals surface area (Å²) in [6.45, 7) is 6.51. The van der Waals surface area contributed by atoms with Crippen molar-refractivity contribution in [3.05, 3.63) is 35.4 Å². The molecule has 1 aromatic rings. The summed E-state index contributed by atoms with van der Waals surface area (Å²) in [5, 5.41) is 2.91. The molecule has 0 saturated carbocycles. The zero-order valence-electron chi connectivity index (χ0n) is 12.8. The Bertz CT molecular complexity index is 477. The molecule has 114 valence electrons. The molecule has 0 aromatic heterocycles. The van der Waals surface area contributed by atoms with Crippen molar-refractivity contribution >= 4 is 5.91 Å². The van der Waals surface area contributed by atoms with Crippen molar-refractivity contribution in [1.82, 2.24) is 15.1 Å². The normalized spacial score (nSPS) is 24.2. The van der Waals surface area contributed by atoms with Crippen LogP contribution in [0.15, 0.2) is 24.3 Å². The van der Waals surface area contributed by atoms with Crippen molar-refractivity contribution in [2.45, 2.75) is 19.4 Å². The van der Waals surface area contributed by atoms with E-state index in [0.717, 1.165) is 52.1 Å². The summed E-state index contributed by atoms with van der Waals surface area (Å²) in [4.78, 5) is 16.5. The van der Waals surface area contributed by atoms with Gasteiger partial charge in [0.1, 0.15) is 0 Å². The highest BCUT2D eigenvalue weighted by Crippen LogP contribution is 2.17. The molecule has 1 N–H and O–H groups in total. The standard InChI is InChI=1S/C17H25N3O/c1-19-8-10-20(11-9-19)13-15-4-2-14(3-5-15)12-16-6-7-18-17(16)21/h2-5,16H,6-13H2,1H3,(H,18,21). The molecule has 0 spiro atoms. The number of hydrogen-bond donors (Lipinski definition) is 1. The number of carbonyl (C=O) groups is 1. The van der Waals surface area contributed by atoms with Crippen LogP contribution < -0.4 is 5.32 Å². The Morgan fingerprint density at radius 2 is 1.76 bits per heavy atom. The van der Waals surface area contributed by atoms with Crippen LogP contribution in [0.4, 0.5) is 0 Å². The van der Waals surface area contributed by atoms with Crippen LogP contribution in [0.2, 0.25) is 0 Å². The quantitative estimate of drug-likeness (QED) is 0.901. The van der Waals surface area contributed by atoms with Crippen molar-refractivity contribution in [2.75, 3.05) is 39.8 Å². The molecule has 4 nitrogen and oxygen atoms in total. The van der Waals surface area contributed by atoms with Gasteiger partial charge >= 0.3 is 0 Å². The number of piperazine rings is 1. The van der Waals surface area contributed by atoms with E-state index in [9.17, 15) is 4.79 Å². The molecule has 2 aliphatic rings. The highest BCUT2D eigenvalue weighted by atomic mass is 16.2. The number of rotatable bonds is 4. The second-order valence-electron chi connectivity index (χ2n) is 6.38. The van der Waals surface area contributed by atoms with Crippen LogP contribution in [0.5, 0.6) is 0 Å². The van der Waals surface area contributed by atoms with E-state index >= 15 is 0 Å². The zero-order chi connectivity index (χ0) is 14.7. The van der Waals surface area contributed by atoms with Gasteiger partial charge in [-0.05, 0) is 31.0 Å².